The van der Waals surface area contributed by atoms with Gasteiger partial charge >= 0.3 is 5.97 Å². The van der Waals surface area contributed by atoms with Crippen molar-refractivity contribution in [2.75, 3.05) is 6.54 Å². The zero-order chi connectivity index (χ0) is 14.0. The standard InChI is InChI=1S/C13H13Cl2NO3/c14-8-4-5-10(15)9(7-8)12(17)16-6-2-1-3-11(16)13(18)19/h4-5,7,11H,1-3,6H2,(H,18,19). The molecule has 0 bridgehead atoms. The molecule has 102 valence electrons. The summed E-state index contributed by atoms with van der Waals surface area (Å²) >= 11 is 11.8. The lowest BCUT2D eigenvalue weighted by atomic mass is 10.0. The first-order chi connectivity index (χ1) is 9.00. The van der Waals surface area contributed by atoms with Crippen LogP contribution in [0.25, 0.3) is 0 Å². The zero-order valence-electron chi connectivity index (χ0n) is 10.1. The number of carbonyl (C=O) groups excluding carboxylic acids is 1. The molecule has 4 nitrogen and oxygen atoms in total. The molecule has 19 heavy (non-hydrogen) atoms. The van der Waals surface area contributed by atoms with Crippen LogP contribution < -0.4 is 0 Å². The molecule has 0 aromatic heterocycles. The average Bonchev–Trinajstić information content (AvgIpc) is 2.40. The van der Waals surface area contributed by atoms with Gasteiger partial charge in [-0.2, -0.15) is 0 Å². The highest BCUT2D eigenvalue weighted by Gasteiger charge is 2.33. The Morgan fingerprint density at radius 1 is 1.26 bits per heavy atom. The van der Waals surface area contributed by atoms with Crippen LogP contribution in [-0.4, -0.2) is 34.5 Å². The van der Waals surface area contributed by atoms with E-state index in [1.165, 1.54) is 17.0 Å². The molecule has 1 saturated heterocycles. The molecule has 1 aliphatic heterocycles. The van der Waals surface area contributed by atoms with Crippen molar-refractivity contribution >= 4 is 35.1 Å². The Morgan fingerprint density at radius 2 is 2.00 bits per heavy atom. The number of carboxylic acid groups (broad SMARTS) is 1. The second-order valence-electron chi connectivity index (χ2n) is 4.47. The topological polar surface area (TPSA) is 57.6 Å². The lowest BCUT2D eigenvalue weighted by Gasteiger charge is -2.33. The molecule has 1 atom stereocenters. The van der Waals surface area contributed by atoms with Crippen LogP contribution in [0.3, 0.4) is 0 Å². The number of likely N-dealkylation sites (tertiary alicyclic amines) is 1. The number of nitrogens with zero attached hydrogens (tertiary/aromatic N) is 1. The van der Waals surface area contributed by atoms with Crippen molar-refractivity contribution in [3.05, 3.63) is 33.8 Å². The quantitative estimate of drug-likeness (QED) is 0.913. The van der Waals surface area contributed by atoms with Gasteiger partial charge in [-0.1, -0.05) is 23.2 Å². The number of carbonyl (C=O) groups is 2. The van der Waals surface area contributed by atoms with Gasteiger partial charge in [0.05, 0.1) is 10.6 Å². The summed E-state index contributed by atoms with van der Waals surface area (Å²) in [4.78, 5) is 25.0. The maximum Gasteiger partial charge on any atom is 0.326 e. The Morgan fingerprint density at radius 3 is 2.68 bits per heavy atom. The molecule has 1 aromatic carbocycles. The van der Waals surface area contributed by atoms with Crippen molar-refractivity contribution < 1.29 is 14.7 Å². The van der Waals surface area contributed by atoms with Crippen molar-refractivity contribution in [1.82, 2.24) is 4.90 Å². The van der Waals surface area contributed by atoms with E-state index in [1.54, 1.807) is 6.07 Å². The van der Waals surface area contributed by atoms with E-state index in [4.69, 9.17) is 23.2 Å². The molecule has 0 radical (unpaired) electrons. The largest absolute Gasteiger partial charge is 0.480 e. The number of hydrogen-bond donors (Lipinski definition) is 1. The molecule has 0 spiro atoms. The highest BCUT2D eigenvalue weighted by Crippen LogP contribution is 2.25. The molecule has 1 fully saturated rings. The van der Waals surface area contributed by atoms with Gasteiger partial charge in [0.2, 0.25) is 0 Å². The average molecular weight is 302 g/mol. The Hall–Kier alpha value is -1.26. The van der Waals surface area contributed by atoms with E-state index >= 15 is 0 Å². The third-order valence-corrected chi connectivity index (χ3v) is 3.77. The van der Waals surface area contributed by atoms with Gasteiger partial charge in [0, 0.05) is 11.6 Å². The number of piperidine rings is 1. The molecule has 6 heteroatoms. The minimum absolute atomic E-state index is 0.252. The van der Waals surface area contributed by atoms with Crippen LogP contribution in [0, 0.1) is 0 Å². The van der Waals surface area contributed by atoms with Crippen LogP contribution >= 0.6 is 23.2 Å². The van der Waals surface area contributed by atoms with Crippen LogP contribution in [0.15, 0.2) is 18.2 Å². The number of carboxylic acids is 1. The van der Waals surface area contributed by atoms with Crippen LogP contribution in [0.5, 0.6) is 0 Å². The van der Waals surface area contributed by atoms with Crippen LogP contribution in [0.4, 0.5) is 0 Å². The molecule has 0 aliphatic carbocycles. The first kappa shape index (κ1) is 14.2. The molecule has 1 aliphatic rings. The van der Waals surface area contributed by atoms with E-state index in [-0.39, 0.29) is 16.5 Å². The summed E-state index contributed by atoms with van der Waals surface area (Å²) in [5.74, 6) is -1.36. The summed E-state index contributed by atoms with van der Waals surface area (Å²) in [6.45, 7) is 0.429. The molecule has 1 unspecified atom stereocenters. The van der Waals surface area contributed by atoms with Gasteiger partial charge in [0.1, 0.15) is 6.04 Å². The van der Waals surface area contributed by atoms with Crippen LogP contribution in [0.1, 0.15) is 29.6 Å². The van der Waals surface area contributed by atoms with Gasteiger partial charge in [-0.05, 0) is 37.5 Å². The van der Waals surface area contributed by atoms with Crippen molar-refractivity contribution in [1.29, 1.82) is 0 Å². The summed E-state index contributed by atoms with van der Waals surface area (Å²) in [5.41, 5.74) is 0.252. The molecule has 1 aromatic rings. The Labute approximate surface area is 120 Å². The second kappa shape index (κ2) is 5.80. The fraction of sp³-hybridized carbons (Fsp3) is 0.385. The highest BCUT2D eigenvalue weighted by molar-refractivity contribution is 6.35. The van der Waals surface area contributed by atoms with Crippen molar-refractivity contribution in [3.63, 3.8) is 0 Å². The van der Waals surface area contributed by atoms with E-state index in [0.717, 1.165) is 12.8 Å². The molecule has 1 heterocycles. The van der Waals surface area contributed by atoms with Gasteiger partial charge in [-0.3, -0.25) is 4.79 Å². The zero-order valence-corrected chi connectivity index (χ0v) is 11.6. The summed E-state index contributed by atoms with van der Waals surface area (Å²) in [6, 6.07) is 3.82. The van der Waals surface area contributed by atoms with Gasteiger partial charge in [-0.25, -0.2) is 4.79 Å². The van der Waals surface area contributed by atoms with E-state index < -0.39 is 12.0 Å². The van der Waals surface area contributed by atoms with Gasteiger partial charge < -0.3 is 10.0 Å². The molecule has 2 rings (SSSR count). The number of benzene rings is 1. The predicted molar refractivity (Wildman–Crippen MR) is 72.8 cm³/mol. The van der Waals surface area contributed by atoms with E-state index in [2.05, 4.69) is 0 Å². The fourth-order valence-corrected chi connectivity index (χ4v) is 2.62. The SMILES string of the molecule is O=C(O)C1CCCCN1C(=O)c1cc(Cl)ccc1Cl. The van der Waals surface area contributed by atoms with Crippen LogP contribution in [0.2, 0.25) is 10.0 Å². The number of aliphatic carboxylic acids is 1. The summed E-state index contributed by atoms with van der Waals surface area (Å²) in [6.07, 6.45) is 2.08. The minimum atomic E-state index is -0.980. The molecule has 1 amide bonds. The van der Waals surface area contributed by atoms with Crippen molar-refractivity contribution in [2.45, 2.75) is 25.3 Å². The van der Waals surface area contributed by atoms with Crippen molar-refractivity contribution in [3.8, 4) is 0 Å². The number of rotatable bonds is 2. The normalized spacial score (nSPS) is 19.3. The van der Waals surface area contributed by atoms with E-state index in [9.17, 15) is 14.7 Å². The maximum absolute atomic E-state index is 12.4. The number of halogens is 2. The Bertz CT molecular complexity index is 519. The summed E-state index contributed by atoms with van der Waals surface area (Å²) in [7, 11) is 0. The van der Waals surface area contributed by atoms with Gasteiger partial charge in [0.15, 0.2) is 0 Å². The number of amides is 1. The van der Waals surface area contributed by atoms with Crippen molar-refractivity contribution in [2.24, 2.45) is 0 Å². The van der Waals surface area contributed by atoms with Gasteiger partial charge in [0.25, 0.3) is 5.91 Å². The van der Waals surface area contributed by atoms with E-state index in [1.807, 2.05) is 0 Å². The first-order valence-corrected chi connectivity index (χ1v) is 6.75. The fourth-order valence-electron chi connectivity index (χ4n) is 2.25. The lowest BCUT2D eigenvalue weighted by Crippen LogP contribution is -2.48. The summed E-state index contributed by atoms with van der Waals surface area (Å²) < 4.78 is 0. The third-order valence-electron chi connectivity index (χ3n) is 3.21. The smallest absolute Gasteiger partial charge is 0.326 e. The minimum Gasteiger partial charge on any atom is -0.480 e. The second-order valence-corrected chi connectivity index (χ2v) is 5.32. The van der Waals surface area contributed by atoms with Gasteiger partial charge in [-0.15, -0.1) is 0 Å². The predicted octanol–water partition coefficient (Wildman–Crippen LogP) is 3.07. The maximum atomic E-state index is 12.4. The Kier molecular flexibility index (Phi) is 4.32. The molecule has 1 N–H and O–H groups in total. The first-order valence-electron chi connectivity index (χ1n) is 5.99. The molecule has 0 saturated carbocycles. The lowest BCUT2D eigenvalue weighted by molar-refractivity contribution is -0.143. The Balaban J connectivity index is 2.31. The summed E-state index contributed by atoms with van der Waals surface area (Å²) in [5, 5.41) is 9.86. The monoisotopic (exact) mass is 301 g/mol. The third kappa shape index (κ3) is 3.01. The molecular weight excluding hydrogens is 289 g/mol. The number of hydrogen-bond acceptors (Lipinski definition) is 2. The van der Waals surface area contributed by atoms with E-state index in [0.29, 0.717) is 18.0 Å². The van der Waals surface area contributed by atoms with Crippen LogP contribution in [-0.2, 0) is 4.79 Å². The molecular formula is C13H13Cl2NO3. The highest BCUT2D eigenvalue weighted by atomic mass is 35.5.